The fourth-order valence-electron chi connectivity index (χ4n) is 3.22. The highest BCUT2D eigenvalue weighted by molar-refractivity contribution is 6.31. The van der Waals surface area contributed by atoms with Crippen molar-refractivity contribution in [3.63, 3.8) is 0 Å². The van der Waals surface area contributed by atoms with Crippen LogP contribution in [-0.2, 0) is 13.2 Å². The quantitative estimate of drug-likeness (QED) is 0.187. The van der Waals surface area contributed by atoms with Gasteiger partial charge in [0.2, 0.25) is 0 Å². The fraction of sp³-hybridized carbons (Fsp3) is 0.500. The molecule has 0 bridgehead atoms. The van der Waals surface area contributed by atoms with Crippen LogP contribution in [0.5, 0.6) is 11.5 Å². The van der Waals surface area contributed by atoms with Gasteiger partial charge in [-0.1, -0.05) is 50.6 Å². The molecule has 0 amide bonds. The molecule has 6 nitrogen and oxygen atoms in total. The normalized spacial score (nSPS) is 10.8. The van der Waals surface area contributed by atoms with Crippen molar-refractivity contribution in [2.24, 2.45) is 0 Å². The van der Waals surface area contributed by atoms with E-state index in [1.54, 1.807) is 18.2 Å². The number of nitro groups is 1. The second-order valence-electron chi connectivity index (χ2n) is 7.48. The van der Waals surface area contributed by atoms with Crippen LogP contribution in [0.25, 0.3) is 0 Å². The predicted octanol–water partition coefficient (Wildman–Crippen LogP) is 6.68. The van der Waals surface area contributed by atoms with Crippen molar-refractivity contribution in [2.45, 2.75) is 65.5 Å². The molecule has 0 spiro atoms. The number of nitro benzene ring substituents is 1. The van der Waals surface area contributed by atoms with Crippen molar-refractivity contribution in [1.82, 2.24) is 5.32 Å². The van der Waals surface area contributed by atoms with E-state index in [-0.39, 0.29) is 12.3 Å². The van der Waals surface area contributed by atoms with Gasteiger partial charge in [0.1, 0.15) is 6.61 Å². The Kier molecular flexibility index (Phi) is 11.2. The van der Waals surface area contributed by atoms with E-state index in [0.29, 0.717) is 29.7 Å². The third kappa shape index (κ3) is 8.75. The first kappa shape index (κ1) is 25.0. The topological polar surface area (TPSA) is 73.6 Å². The van der Waals surface area contributed by atoms with E-state index in [2.05, 4.69) is 12.2 Å². The molecule has 31 heavy (non-hydrogen) atoms. The van der Waals surface area contributed by atoms with Gasteiger partial charge >= 0.3 is 0 Å². The molecule has 0 aliphatic heterocycles. The third-order valence-electron chi connectivity index (χ3n) is 4.98. The van der Waals surface area contributed by atoms with E-state index >= 15 is 0 Å². The molecule has 0 saturated carbocycles. The van der Waals surface area contributed by atoms with Gasteiger partial charge in [-0.2, -0.15) is 0 Å². The number of nitrogens with zero attached hydrogens (tertiary/aromatic N) is 1. The first-order valence-corrected chi connectivity index (χ1v) is 11.4. The van der Waals surface area contributed by atoms with Crippen LogP contribution >= 0.6 is 11.6 Å². The zero-order valence-electron chi connectivity index (χ0n) is 18.5. The predicted molar refractivity (Wildman–Crippen MR) is 125 cm³/mol. The molecule has 0 aromatic heterocycles. The van der Waals surface area contributed by atoms with Gasteiger partial charge in [-0.25, -0.2) is 0 Å². The summed E-state index contributed by atoms with van der Waals surface area (Å²) in [4.78, 5) is 10.4. The van der Waals surface area contributed by atoms with E-state index in [1.165, 1.54) is 44.2 Å². The molecule has 0 aliphatic rings. The zero-order valence-corrected chi connectivity index (χ0v) is 19.2. The lowest BCUT2D eigenvalue weighted by molar-refractivity contribution is -0.384. The summed E-state index contributed by atoms with van der Waals surface area (Å²) in [6, 6.07) is 9.99. The first-order valence-electron chi connectivity index (χ1n) is 11.1. The molecule has 2 aromatic carbocycles. The van der Waals surface area contributed by atoms with Gasteiger partial charge in [0.25, 0.3) is 5.69 Å². The Hall–Kier alpha value is -2.31. The molecular formula is C24H33ClN2O4. The maximum atomic E-state index is 10.8. The molecule has 2 rings (SSSR count). The molecule has 0 atom stereocenters. The van der Waals surface area contributed by atoms with Crippen molar-refractivity contribution in [1.29, 1.82) is 0 Å². The summed E-state index contributed by atoms with van der Waals surface area (Å²) in [5.41, 5.74) is 1.85. The zero-order chi connectivity index (χ0) is 22.5. The second-order valence-corrected chi connectivity index (χ2v) is 7.89. The lowest BCUT2D eigenvalue weighted by Crippen LogP contribution is -2.15. The second kappa shape index (κ2) is 13.9. The van der Waals surface area contributed by atoms with Crippen molar-refractivity contribution < 1.29 is 14.4 Å². The highest BCUT2D eigenvalue weighted by atomic mass is 35.5. The van der Waals surface area contributed by atoms with E-state index in [0.717, 1.165) is 24.1 Å². The van der Waals surface area contributed by atoms with Gasteiger partial charge in [0.05, 0.1) is 11.5 Å². The fourth-order valence-corrected chi connectivity index (χ4v) is 3.44. The average Bonchev–Trinajstić information content (AvgIpc) is 2.76. The van der Waals surface area contributed by atoms with Gasteiger partial charge in [-0.3, -0.25) is 10.1 Å². The highest BCUT2D eigenvalue weighted by Gasteiger charge is 2.12. The Morgan fingerprint density at radius 1 is 0.968 bits per heavy atom. The van der Waals surface area contributed by atoms with Crippen LogP contribution in [0.3, 0.4) is 0 Å². The summed E-state index contributed by atoms with van der Waals surface area (Å²) in [6.07, 6.45) is 7.62. The maximum Gasteiger partial charge on any atom is 0.269 e. The Morgan fingerprint density at radius 2 is 1.65 bits per heavy atom. The van der Waals surface area contributed by atoms with Crippen LogP contribution in [0, 0.1) is 10.1 Å². The molecule has 0 saturated heterocycles. The van der Waals surface area contributed by atoms with Gasteiger partial charge in [0.15, 0.2) is 11.5 Å². The van der Waals surface area contributed by atoms with Crippen molar-refractivity contribution in [3.05, 3.63) is 62.7 Å². The number of ether oxygens (including phenoxy) is 2. The summed E-state index contributed by atoms with van der Waals surface area (Å²) >= 11 is 6.49. The number of non-ortho nitro benzene ring substituents is 1. The lowest BCUT2D eigenvalue weighted by atomic mass is 10.1. The van der Waals surface area contributed by atoms with Crippen LogP contribution in [0.15, 0.2) is 36.4 Å². The third-order valence-corrected chi connectivity index (χ3v) is 5.33. The number of rotatable bonds is 15. The molecule has 7 heteroatoms. The molecule has 0 aliphatic carbocycles. The number of unbranched alkanes of at least 4 members (excludes halogenated alkanes) is 5. The monoisotopic (exact) mass is 448 g/mol. The number of benzene rings is 2. The molecule has 0 heterocycles. The standard InChI is InChI=1S/C24H33ClN2O4/c1-3-5-6-7-8-9-14-26-17-20-15-23(30-4-2)24(16-22(20)25)31-18-19-10-12-21(13-11-19)27(28)29/h10-13,15-16,26H,3-9,14,17-18H2,1-2H3. The molecule has 1 N–H and O–H groups in total. The van der Waals surface area contributed by atoms with Crippen molar-refractivity contribution in [2.75, 3.05) is 13.2 Å². The molecule has 0 fully saturated rings. The van der Waals surface area contributed by atoms with Gasteiger partial charge in [0, 0.05) is 29.8 Å². The minimum absolute atomic E-state index is 0.0552. The molecular weight excluding hydrogens is 416 g/mol. The van der Waals surface area contributed by atoms with Crippen LogP contribution in [0.2, 0.25) is 5.02 Å². The van der Waals surface area contributed by atoms with E-state index < -0.39 is 4.92 Å². The Bertz CT molecular complexity index is 812. The van der Waals surface area contributed by atoms with Crippen molar-refractivity contribution in [3.8, 4) is 11.5 Å². The van der Waals surface area contributed by atoms with Crippen molar-refractivity contribution >= 4 is 17.3 Å². The molecule has 0 radical (unpaired) electrons. The Morgan fingerprint density at radius 3 is 2.32 bits per heavy atom. The van der Waals surface area contributed by atoms with Gasteiger partial charge < -0.3 is 14.8 Å². The number of hydrogen-bond donors (Lipinski definition) is 1. The summed E-state index contributed by atoms with van der Waals surface area (Å²) in [5.74, 6) is 1.20. The summed E-state index contributed by atoms with van der Waals surface area (Å²) in [7, 11) is 0. The smallest absolute Gasteiger partial charge is 0.269 e. The summed E-state index contributed by atoms with van der Waals surface area (Å²) < 4.78 is 11.7. The first-order chi connectivity index (χ1) is 15.0. The summed E-state index contributed by atoms with van der Waals surface area (Å²) in [5, 5.41) is 14.9. The minimum atomic E-state index is -0.420. The van der Waals surface area contributed by atoms with Crippen LogP contribution in [-0.4, -0.2) is 18.1 Å². The van der Waals surface area contributed by atoms with Crippen LogP contribution < -0.4 is 14.8 Å². The van der Waals surface area contributed by atoms with Gasteiger partial charge in [-0.05, 0) is 49.2 Å². The van der Waals surface area contributed by atoms with E-state index in [9.17, 15) is 10.1 Å². The van der Waals surface area contributed by atoms with E-state index in [4.69, 9.17) is 21.1 Å². The van der Waals surface area contributed by atoms with Crippen LogP contribution in [0.1, 0.15) is 63.5 Å². The maximum absolute atomic E-state index is 10.8. The number of hydrogen-bond acceptors (Lipinski definition) is 5. The minimum Gasteiger partial charge on any atom is -0.490 e. The molecule has 170 valence electrons. The van der Waals surface area contributed by atoms with E-state index in [1.807, 2.05) is 13.0 Å². The number of nitrogens with one attached hydrogen (secondary N) is 1. The summed E-state index contributed by atoms with van der Waals surface area (Å²) in [6.45, 7) is 6.57. The lowest BCUT2D eigenvalue weighted by Gasteiger charge is -2.15. The largest absolute Gasteiger partial charge is 0.490 e. The average molecular weight is 449 g/mol. The Balaban J connectivity index is 1.90. The Labute approximate surface area is 190 Å². The molecule has 0 unspecified atom stereocenters. The molecule has 2 aromatic rings. The van der Waals surface area contributed by atoms with Gasteiger partial charge in [-0.15, -0.1) is 0 Å². The highest BCUT2D eigenvalue weighted by Crippen LogP contribution is 2.34. The SMILES string of the molecule is CCCCCCCCNCc1cc(OCC)c(OCc2ccc([N+](=O)[O-])cc2)cc1Cl. The van der Waals surface area contributed by atoms with Crippen LogP contribution in [0.4, 0.5) is 5.69 Å². The number of halogens is 1.